The molecule has 1 N–H and O–H groups in total. The molecule has 0 spiro atoms. The van der Waals surface area contributed by atoms with Crippen LogP contribution in [0.2, 0.25) is 5.02 Å². The number of hydrogen-bond donors (Lipinski definition) is 1. The Morgan fingerprint density at radius 3 is 1.89 bits per heavy atom. The molecule has 0 saturated heterocycles. The van der Waals surface area contributed by atoms with Crippen LogP contribution in [0, 0.1) is 13.8 Å². The number of rotatable bonds is 10. The third-order valence-corrected chi connectivity index (χ3v) is 8.11. The second-order valence-electron chi connectivity index (χ2n) is 9.65. The van der Waals surface area contributed by atoms with Crippen molar-refractivity contribution in [3.8, 4) is 0 Å². The molecule has 0 aliphatic heterocycles. The zero-order chi connectivity index (χ0) is 28.0. The van der Waals surface area contributed by atoms with Gasteiger partial charge in [0.15, 0.2) is 0 Å². The lowest BCUT2D eigenvalue weighted by Gasteiger charge is -2.32. The number of benzene rings is 3. The SMILES string of the molecule is Cc1ccc(N(CC(=O)N(Cc2ccc(Cl)cc2)C(C)C(=O)NC(C)C)S(=O)(=O)c2ccc(C)cc2)cc1. The van der Waals surface area contributed by atoms with Gasteiger partial charge in [-0.05, 0) is 76.6 Å². The molecule has 0 bridgehead atoms. The summed E-state index contributed by atoms with van der Waals surface area (Å²) in [5.41, 5.74) is 2.99. The molecule has 202 valence electrons. The summed E-state index contributed by atoms with van der Waals surface area (Å²) in [4.78, 5) is 28.2. The van der Waals surface area contributed by atoms with E-state index < -0.39 is 28.5 Å². The number of aryl methyl sites for hydroxylation is 2. The van der Waals surface area contributed by atoms with E-state index in [2.05, 4.69) is 5.32 Å². The second kappa shape index (κ2) is 12.5. The fraction of sp³-hybridized carbons (Fsp3) is 0.310. The number of carbonyl (C=O) groups excluding carboxylic acids is 2. The van der Waals surface area contributed by atoms with Crippen LogP contribution in [0.15, 0.2) is 77.7 Å². The summed E-state index contributed by atoms with van der Waals surface area (Å²) in [5.74, 6) is -0.840. The zero-order valence-corrected chi connectivity index (χ0v) is 23.9. The molecular formula is C29H34ClN3O4S. The summed E-state index contributed by atoms with van der Waals surface area (Å²) >= 11 is 6.03. The van der Waals surface area contributed by atoms with E-state index >= 15 is 0 Å². The van der Waals surface area contributed by atoms with Crippen molar-refractivity contribution in [1.82, 2.24) is 10.2 Å². The lowest BCUT2D eigenvalue weighted by atomic mass is 10.1. The molecule has 9 heteroatoms. The Balaban J connectivity index is 2.02. The van der Waals surface area contributed by atoms with Gasteiger partial charge in [0.25, 0.3) is 10.0 Å². The molecular weight excluding hydrogens is 522 g/mol. The van der Waals surface area contributed by atoms with Gasteiger partial charge in [0, 0.05) is 17.6 Å². The second-order valence-corrected chi connectivity index (χ2v) is 11.9. The van der Waals surface area contributed by atoms with Crippen LogP contribution in [0.4, 0.5) is 5.69 Å². The molecule has 1 unspecified atom stereocenters. The number of halogens is 1. The van der Waals surface area contributed by atoms with Crippen LogP contribution >= 0.6 is 11.6 Å². The van der Waals surface area contributed by atoms with Gasteiger partial charge in [-0.25, -0.2) is 8.42 Å². The monoisotopic (exact) mass is 555 g/mol. The molecule has 0 saturated carbocycles. The smallest absolute Gasteiger partial charge is 0.264 e. The Bertz CT molecular complexity index is 1360. The van der Waals surface area contributed by atoms with Crippen LogP contribution in [-0.2, 0) is 26.2 Å². The molecule has 3 rings (SSSR count). The fourth-order valence-corrected chi connectivity index (χ4v) is 5.39. The largest absolute Gasteiger partial charge is 0.352 e. The van der Waals surface area contributed by atoms with Gasteiger partial charge in [0.1, 0.15) is 12.6 Å². The fourth-order valence-electron chi connectivity index (χ4n) is 3.85. The first-order valence-electron chi connectivity index (χ1n) is 12.4. The van der Waals surface area contributed by atoms with E-state index in [0.29, 0.717) is 10.7 Å². The number of carbonyl (C=O) groups is 2. The van der Waals surface area contributed by atoms with E-state index in [1.54, 1.807) is 67.6 Å². The zero-order valence-electron chi connectivity index (χ0n) is 22.3. The van der Waals surface area contributed by atoms with Crippen molar-refractivity contribution in [2.45, 2.75) is 58.1 Å². The van der Waals surface area contributed by atoms with Gasteiger partial charge in [0.2, 0.25) is 11.8 Å². The highest BCUT2D eigenvalue weighted by Gasteiger charge is 2.32. The average Bonchev–Trinajstić information content (AvgIpc) is 2.87. The molecule has 38 heavy (non-hydrogen) atoms. The summed E-state index contributed by atoms with van der Waals surface area (Å²) in [6.45, 7) is 8.70. The molecule has 3 aromatic rings. The summed E-state index contributed by atoms with van der Waals surface area (Å²) in [6, 6.07) is 19.4. The number of anilines is 1. The van der Waals surface area contributed by atoms with Crippen LogP contribution < -0.4 is 9.62 Å². The number of nitrogens with one attached hydrogen (secondary N) is 1. The maximum atomic E-state index is 13.8. The molecule has 0 fully saturated rings. The number of hydrogen-bond acceptors (Lipinski definition) is 4. The number of sulfonamides is 1. The summed E-state index contributed by atoms with van der Waals surface area (Å²) in [6.07, 6.45) is 0. The minimum absolute atomic E-state index is 0.0753. The Morgan fingerprint density at radius 2 is 1.37 bits per heavy atom. The topological polar surface area (TPSA) is 86.8 Å². The maximum absolute atomic E-state index is 13.8. The van der Waals surface area contributed by atoms with Crippen molar-refractivity contribution in [2.75, 3.05) is 10.8 Å². The van der Waals surface area contributed by atoms with Gasteiger partial charge in [0.05, 0.1) is 10.6 Å². The highest BCUT2D eigenvalue weighted by Crippen LogP contribution is 2.25. The first kappa shape index (κ1) is 29.2. The van der Waals surface area contributed by atoms with E-state index in [0.717, 1.165) is 21.0 Å². The predicted octanol–water partition coefficient (Wildman–Crippen LogP) is 5.09. The van der Waals surface area contributed by atoms with Crippen LogP contribution in [0.5, 0.6) is 0 Å². The molecule has 0 aliphatic carbocycles. The van der Waals surface area contributed by atoms with Gasteiger partial charge >= 0.3 is 0 Å². The molecule has 3 aromatic carbocycles. The van der Waals surface area contributed by atoms with Gasteiger partial charge in [-0.2, -0.15) is 0 Å². The van der Waals surface area contributed by atoms with Crippen molar-refractivity contribution in [2.24, 2.45) is 0 Å². The summed E-state index contributed by atoms with van der Waals surface area (Å²) < 4.78 is 28.7. The van der Waals surface area contributed by atoms with Crippen LogP contribution in [0.3, 0.4) is 0 Å². The molecule has 0 radical (unpaired) electrons. The Hall–Kier alpha value is -3.36. The van der Waals surface area contributed by atoms with Gasteiger partial charge in [-0.3, -0.25) is 13.9 Å². The van der Waals surface area contributed by atoms with Gasteiger partial charge in [-0.15, -0.1) is 0 Å². The molecule has 2 amide bonds. The quantitative estimate of drug-likeness (QED) is 0.377. The van der Waals surface area contributed by atoms with Crippen molar-refractivity contribution in [3.05, 3.63) is 94.5 Å². The third kappa shape index (κ3) is 7.36. The van der Waals surface area contributed by atoms with Gasteiger partial charge < -0.3 is 10.2 Å². The minimum atomic E-state index is -4.09. The Kier molecular flexibility index (Phi) is 9.57. The maximum Gasteiger partial charge on any atom is 0.264 e. The standard InChI is InChI=1S/C29H34ClN3O4S/c1-20(2)31-29(35)23(5)32(18-24-10-12-25(30)13-11-24)28(34)19-33(26-14-6-21(3)7-15-26)38(36,37)27-16-8-22(4)9-17-27/h6-17,20,23H,18-19H2,1-5H3,(H,31,35). The molecule has 1 atom stereocenters. The van der Waals surface area contributed by atoms with Gasteiger partial charge in [-0.1, -0.05) is 59.1 Å². The van der Waals surface area contributed by atoms with E-state index in [9.17, 15) is 18.0 Å². The highest BCUT2D eigenvalue weighted by atomic mass is 35.5. The van der Waals surface area contributed by atoms with E-state index in [1.807, 2.05) is 27.7 Å². The van der Waals surface area contributed by atoms with E-state index in [-0.39, 0.29) is 23.4 Å². The molecule has 7 nitrogen and oxygen atoms in total. The summed E-state index contributed by atoms with van der Waals surface area (Å²) in [7, 11) is -4.09. The molecule has 0 aliphatic rings. The molecule has 0 heterocycles. The normalized spacial score (nSPS) is 12.2. The predicted molar refractivity (Wildman–Crippen MR) is 152 cm³/mol. The van der Waals surface area contributed by atoms with Crippen molar-refractivity contribution >= 4 is 39.1 Å². The molecule has 0 aromatic heterocycles. The summed E-state index contributed by atoms with van der Waals surface area (Å²) in [5, 5.41) is 3.39. The highest BCUT2D eigenvalue weighted by molar-refractivity contribution is 7.92. The van der Waals surface area contributed by atoms with Crippen LogP contribution in [0.1, 0.15) is 37.5 Å². The third-order valence-electron chi connectivity index (χ3n) is 6.07. The lowest BCUT2D eigenvalue weighted by Crippen LogP contribution is -2.52. The van der Waals surface area contributed by atoms with Crippen LogP contribution in [0.25, 0.3) is 0 Å². The number of amides is 2. The van der Waals surface area contributed by atoms with Crippen LogP contribution in [-0.4, -0.2) is 43.8 Å². The lowest BCUT2D eigenvalue weighted by molar-refractivity contribution is -0.139. The minimum Gasteiger partial charge on any atom is -0.352 e. The van der Waals surface area contributed by atoms with E-state index in [1.165, 1.54) is 17.0 Å². The Labute approximate surface area is 230 Å². The first-order valence-corrected chi connectivity index (χ1v) is 14.2. The Morgan fingerprint density at radius 1 is 0.842 bits per heavy atom. The van der Waals surface area contributed by atoms with Crippen molar-refractivity contribution in [1.29, 1.82) is 0 Å². The average molecular weight is 556 g/mol. The van der Waals surface area contributed by atoms with Crippen molar-refractivity contribution < 1.29 is 18.0 Å². The number of nitrogens with zero attached hydrogens (tertiary/aromatic N) is 2. The van der Waals surface area contributed by atoms with E-state index in [4.69, 9.17) is 11.6 Å². The van der Waals surface area contributed by atoms with Crippen molar-refractivity contribution in [3.63, 3.8) is 0 Å². The first-order chi connectivity index (χ1) is 17.9.